The van der Waals surface area contributed by atoms with Gasteiger partial charge >= 0.3 is 19.8 Å². The number of carbonyl (C=O) groups excluding carboxylic acids is 2. The van der Waals surface area contributed by atoms with E-state index in [1.54, 1.807) is 0 Å². The zero-order valence-corrected chi connectivity index (χ0v) is 52.8. The molecule has 0 heterocycles. The second-order valence-corrected chi connectivity index (χ2v) is 22.4. The van der Waals surface area contributed by atoms with Crippen LogP contribution in [0.5, 0.6) is 0 Å². The van der Waals surface area contributed by atoms with Gasteiger partial charge in [-0.15, -0.1) is 0 Å². The zero-order chi connectivity index (χ0) is 59.8. The van der Waals surface area contributed by atoms with Gasteiger partial charge in [0.1, 0.15) is 19.8 Å². The molecule has 0 bridgehead atoms. The van der Waals surface area contributed by atoms with E-state index in [-0.39, 0.29) is 26.1 Å². The monoisotopic (exact) mass is 1150 g/mol. The van der Waals surface area contributed by atoms with Gasteiger partial charge in [-0.3, -0.25) is 18.6 Å². The van der Waals surface area contributed by atoms with Crippen LogP contribution in [0.3, 0.4) is 0 Å². The van der Waals surface area contributed by atoms with Gasteiger partial charge in [0.25, 0.3) is 0 Å². The minimum absolute atomic E-state index is 0.00641. The van der Waals surface area contributed by atoms with Gasteiger partial charge in [-0.25, -0.2) is 4.57 Å². The number of ether oxygens (including phenoxy) is 2. The lowest BCUT2D eigenvalue weighted by Crippen LogP contribution is -2.37. The molecule has 2 unspecified atom stereocenters. The number of likely N-dealkylation sites (N-methyl/N-ethyl adjacent to an activating group) is 1. The Morgan fingerprint density at radius 2 is 0.671 bits per heavy atom. The number of carbonyl (C=O) groups is 2. The Morgan fingerprint density at radius 1 is 0.378 bits per heavy atom. The second kappa shape index (κ2) is 60.4. The number of phosphoric acid groups is 1. The van der Waals surface area contributed by atoms with E-state index >= 15 is 0 Å². The van der Waals surface area contributed by atoms with Crippen molar-refractivity contribution < 1.29 is 42.1 Å². The lowest BCUT2D eigenvalue weighted by atomic mass is 10.1. The third-order valence-corrected chi connectivity index (χ3v) is 13.1. The van der Waals surface area contributed by atoms with Gasteiger partial charge in [0.2, 0.25) is 0 Å². The Balaban J connectivity index is 4.34. The van der Waals surface area contributed by atoms with E-state index in [0.717, 1.165) is 128 Å². The minimum atomic E-state index is -4.42. The Bertz CT molecular complexity index is 2080. The number of phosphoric ester groups is 1. The number of quaternary nitrogens is 1. The topological polar surface area (TPSA) is 108 Å². The Labute approximate surface area is 501 Å². The summed E-state index contributed by atoms with van der Waals surface area (Å²) in [6.07, 6.45) is 95.1. The van der Waals surface area contributed by atoms with Gasteiger partial charge in [-0.2, -0.15) is 0 Å². The number of rotatable bonds is 54. The Kier molecular flexibility index (Phi) is 56.6. The van der Waals surface area contributed by atoms with E-state index in [2.05, 4.69) is 202 Å². The van der Waals surface area contributed by atoms with Crippen LogP contribution in [0.15, 0.2) is 194 Å². The molecule has 82 heavy (non-hydrogen) atoms. The van der Waals surface area contributed by atoms with Gasteiger partial charge in [0.15, 0.2) is 6.10 Å². The average molecular weight is 1150 g/mol. The molecule has 0 aromatic carbocycles. The summed E-state index contributed by atoms with van der Waals surface area (Å²) in [7, 11) is 1.40. The molecular formula is C72H113NO8P+. The molecule has 10 heteroatoms. The van der Waals surface area contributed by atoms with Crippen LogP contribution in [0.1, 0.15) is 194 Å². The lowest BCUT2D eigenvalue weighted by Gasteiger charge is -2.24. The minimum Gasteiger partial charge on any atom is -0.462 e. The molecule has 458 valence electrons. The molecule has 0 radical (unpaired) electrons. The molecule has 9 nitrogen and oxygen atoms in total. The van der Waals surface area contributed by atoms with Crippen LogP contribution in [0.4, 0.5) is 0 Å². The SMILES string of the molecule is CC/C=C\C/C=C\C/C=C\C/C=C\C/C=C\C/C=C\C/C=C\C/C=C\C/C=C\CCCC(=O)OC(COC(=O)CCCCCCCCC/C=C\C/C=C\C/C=C\C/C=C\C/C=C\C/C=C\C/C=C\CC)COP(=O)(O)OCC[N+](C)(C)C. The van der Waals surface area contributed by atoms with Crippen LogP contribution >= 0.6 is 7.82 Å². The zero-order valence-electron chi connectivity index (χ0n) is 51.9. The standard InChI is InChI=1S/C72H112NO8P/c1-6-8-10-12-14-16-18-20-22-24-26-28-30-32-34-36-38-40-42-44-46-48-50-52-54-56-58-60-62-64-71(74)78-68-70(69-80-82(76,77)79-67-66-73(3,4)5)81-72(75)65-63-61-59-57-55-53-51-49-47-45-43-41-39-37-35-33-31-29-27-25-23-21-19-17-15-13-11-9-7-2/h8-11,14-17,20-23,26-29,32-35,38-41,44-47,51,53,57,59,70H,6-7,12-13,18-19,24-25,30-31,36-37,42-43,48-50,52,54-56,58,60-69H2,1-5H3/p+1/b10-8-,11-9-,16-14-,17-15-,22-20-,23-21-,28-26-,29-27-,34-32-,35-33-,40-38-,41-39-,46-44-,47-45-,53-51-,59-57-. The van der Waals surface area contributed by atoms with Crippen LogP contribution in [0.2, 0.25) is 0 Å². The fraction of sp³-hybridized carbons (Fsp3) is 0.528. The van der Waals surface area contributed by atoms with Crippen molar-refractivity contribution in [3.8, 4) is 0 Å². The first-order valence-electron chi connectivity index (χ1n) is 31.2. The molecule has 0 saturated heterocycles. The van der Waals surface area contributed by atoms with E-state index in [1.165, 1.54) is 19.3 Å². The maximum absolute atomic E-state index is 12.8. The van der Waals surface area contributed by atoms with Crippen molar-refractivity contribution in [1.82, 2.24) is 0 Å². The Hall–Kier alpha value is -5.15. The van der Waals surface area contributed by atoms with Gasteiger partial charge < -0.3 is 18.9 Å². The number of nitrogens with zero attached hydrogens (tertiary/aromatic N) is 1. The van der Waals surface area contributed by atoms with E-state index in [4.69, 9.17) is 18.5 Å². The molecular weight excluding hydrogens is 1040 g/mol. The van der Waals surface area contributed by atoms with Crippen molar-refractivity contribution >= 4 is 19.8 Å². The van der Waals surface area contributed by atoms with Crippen molar-refractivity contribution in [1.29, 1.82) is 0 Å². The summed E-state index contributed by atoms with van der Waals surface area (Å²) < 4.78 is 34.5. The van der Waals surface area contributed by atoms with Gasteiger partial charge in [0.05, 0.1) is 27.7 Å². The molecule has 0 aromatic rings. The third kappa shape index (κ3) is 64.0. The van der Waals surface area contributed by atoms with Crippen molar-refractivity contribution in [2.45, 2.75) is 200 Å². The molecule has 1 N–H and O–H groups in total. The van der Waals surface area contributed by atoms with E-state index in [0.29, 0.717) is 30.3 Å². The second-order valence-electron chi connectivity index (χ2n) is 21.0. The Morgan fingerprint density at radius 3 is 1.01 bits per heavy atom. The lowest BCUT2D eigenvalue weighted by molar-refractivity contribution is -0.870. The molecule has 0 fully saturated rings. The fourth-order valence-corrected chi connectivity index (χ4v) is 8.15. The predicted octanol–water partition coefficient (Wildman–Crippen LogP) is 20.1. The molecule has 0 aliphatic rings. The van der Waals surface area contributed by atoms with Crippen LogP contribution < -0.4 is 0 Å². The number of hydrogen-bond acceptors (Lipinski definition) is 7. The van der Waals surface area contributed by atoms with Crippen molar-refractivity contribution in [3.05, 3.63) is 194 Å². The molecule has 2 atom stereocenters. The predicted molar refractivity (Wildman–Crippen MR) is 352 cm³/mol. The van der Waals surface area contributed by atoms with Crippen molar-refractivity contribution in [2.75, 3.05) is 47.5 Å². The summed E-state index contributed by atoms with van der Waals surface area (Å²) in [5, 5.41) is 0. The number of hydrogen-bond donors (Lipinski definition) is 1. The van der Waals surface area contributed by atoms with Gasteiger partial charge in [-0.1, -0.05) is 240 Å². The highest BCUT2D eigenvalue weighted by Gasteiger charge is 2.27. The first-order chi connectivity index (χ1) is 40.0. The molecule has 0 aliphatic carbocycles. The van der Waals surface area contributed by atoms with E-state index < -0.39 is 32.5 Å². The summed E-state index contributed by atoms with van der Waals surface area (Å²) in [6, 6.07) is 0. The first-order valence-corrected chi connectivity index (χ1v) is 32.7. The quantitative estimate of drug-likeness (QED) is 0.0211. The highest BCUT2D eigenvalue weighted by molar-refractivity contribution is 7.47. The van der Waals surface area contributed by atoms with E-state index in [9.17, 15) is 19.0 Å². The first kappa shape index (κ1) is 76.9. The highest BCUT2D eigenvalue weighted by Crippen LogP contribution is 2.43. The maximum atomic E-state index is 12.8. The van der Waals surface area contributed by atoms with Crippen LogP contribution in [-0.2, 0) is 32.7 Å². The summed E-state index contributed by atoms with van der Waals surface area (Å²) in [6.45, 7) is 4.09. The molecule has 0 aromatic heterocycles. The highest BCUT2D eigenvalue weighted by atomic mass is 31.2. The summed E-state index contributed by atoms with van der Waals surface area (Å²) in [5.74, 6) is -0.899. The molecule has 0 amide bonds. The largest absolute Gasteiger partial charge is 0.472 e. The summed E-state index contributed by atoms with van der Waals surface area (Å²) in [5.41, 5.74) is 0. The maximum Gasteiger partial charge on any atom is 0.472 e. The molecule has 0 aliphatic heterocycles. The number of allylic oxidation sites excluding steroid dienone is 32. The number of esters is 2. The van der Waals surface area contributed by atoms with Crippen LogP contribution in [0.25, 0.3) is 0 Å². The molecule has 0 spiro atoms. The fourth-order valence-electron chi connectivity index (χ4n) is 7.41. The molecule has 0 rings (SSSR count). The third-order valence-electron chi connectivity index (χ3n) is 12.1. The van der Waals surface area contributed by atoms with Gasteiger partial charge in [-0.05, 0) is 135 Å². The number of unbranched alkanes of at least 4 members (excludes halogenated alkanes) is 8. The van der Waals surface area contributed by atoms with Crippen molar-refractivity contribution in [2.24, 2.45) is 0 Å². The van der Waals surface area contributed by atoms with E-state index in [1.807, 2.05) is 27.2 Å². The summed E-state index contributed by atoms with van der Waals surface area (Å²) in [4.78, 5) is 35.8. The van der Waals surface area contributed by atoms with Crippen molar-refractivity contribution in [3.63, 3.8) is 0 Å². The molecule has 0 saturated carbocycles. The van der Waals surface area contributed by atoms with Gasteiger partial charge in [0, 0.05) is 12.8 Å². The normalized spacial score (nSPS) is 14.6. The summed E-state index contributed by atoms with van der Waals surface area (Å²) >= 11 is 0. The van der Waals surface area contributed by atoms with Crippen LogP contribution in [0, 0.1) is 0 Å². The average Bonchev–Trinajstić information content (AvgIpc) is 3.45. The smallest absolute Gasteiger partial charge is 0.462 e. The van der Waals surface area contributed by atoms with Crippen LogP contribution in [-0.4, -0.2) is 74.9 Å².